The summed E-state index contributed by atoms with van der Waals surface area (Å²) in [6.07, 6.45) is 7.37. The third-order valence-electron chi connectivity index (χ3n) is 2.79. The maximum absolute atomic E-state index is 2.41. The van der Waals surface area contributed by atoms with Crippen molar-refractivity contribution in [3.8, 4) is 0 Å². The number of hydrogen-bond donors (Lipinski definition) is 0. The van der Waals surface area contributed by atoms with Crippen molar-refractivity contribution in [2.75, 3.05) is 0 Å². The fourth-order valence-corrected chi connectivity index (χ4v) is 2.07. The van der Waals surface area contributed by atoms with Crippen molar-refractivity contribution in [3.63, 3.8) is 0 Å². The summed E-state index contributed by atoms with van der Waals surface area (Å²) in [5, 5.41) is 0. The number of aryl methyl sites for hydroxylation is 1. The minimum absolute atomic E-state index is 1.16. The van der Waals surface area contributed by atoms with Crippen LogP contribution in [0.5, 0.6) is 0 Å². The van der Waals surface area contributed by atoms with Crippen LogP contribution in [0.4, 0.5) is 0 Å². The maximum atomic E-state index is 2.41. The van der Waals surface area contributed by atoms with E-state index in [0.29, 0.717) is 0 Å². The van der Waals surface area contributed by atoms with Gasteiger partial charge in [-0.3, -0.25) is 0 Å². The molecule has 1 aromatic carbocycles. The third-order valence-corrected chi connectivity index (χ3v) is 2.79. The van der Waals surface area contributed by atoms with Crippen molar-refractivity contribution in [2.24, 2.45) is 0 Å². The van der Waals surface area contributed by atoms with Gasteiger partial charge in [-0.25, -0.2) is 0 Å². The number of allylic oxidation sites excluding steroid dienone is 2. The standard InChI is InChI=1S/C13H16/c1-2-11-7-3-4-8-12-9-5-6-10-13(11)12/h5-7,9-10H,2-4,8H2,1H3. The Balaban J connectivity index is 2.47. The minimum atomic E-state index is 1.16. The molecule has 1 aromatic rings. The van der Waals surface area contributed by atoms with Crippen molar-refractivity contribution in [3.05, 3.63) is 41.5 Å². The summed E-state index contributed by atoms with van der Waals surface area (Å²) >= 11 is 0. The SMILES string of the molecule is CCC1=CCCCc2ccccc21. The first-order chi connectivity index (χ1) is 6.42. The summed E-state index contributed by atoms with van der Waals surface area (Å²) in [4.78, 5) is 0. The van der Waals surface area contributed by atoms with E-state index in [1.165, 1.54) is 36.0 Å². The average Bonchev–Trinajstić information content (AvgIpc) is 2.39. The Morgan fingerprint density at radius 3 is 2.92 bits per heavy atom. The second-order valence-electron chi connectivity index (χ2n) is 3.63. The first-order valence-corrected chi connectivity index (χ1v) is 5.19. The van der Waals surface area contributed by atoms with Crippen LogP contribution in [-0.2, 0) is 6.42 Å². The van der Waals surface area contributed by atoms with Crippen molar-refractivity contribution in [1.29, 1.82) is 0 Å². The van der Waals surface area contributed by atoms with Crippen LogP contribution in [0.15, 0.2) is 30.3 Å². The van der Waals surface area contributed by atoms with E-state index in [1.54, 1.807) is 0 Å². The molecule has 2 rings (SSSR count). The lowest BCUT2D eigenvalue weighted by molar-refractivity contribution is 0.851. The summed E-state index contributed by atoms with van der Waals surface area (Å²) < 4.78 is 0. The van der Waals surface area contributed by atoms with E-state index < -0.39 is 0 Å². The van der Waals surface area contributed by atoms with Crippen LogP contribution >= 0.6 is 0 Å². The first-order valence-electron chi connectivity index (χ1n) is 5.19. The van der Waals surface area contributed by atoms with Gasteiger partial charge in [0.15, 0.2) is 0 Å². The van der Waals surface area contributed by atoms with Gasteiger partial charge in [-0.05, 0) is 42.4 Å². The van der Waals surface area contributed by atoms with Gasteiger partial charge in [-0.15, -0.1) is 0 Å². The van der Waals surface area contributed by atoms with E-state index in [2.05, 4.69) is 37.3 Å². The Labute approximate surface area is 80.3 Å². The highest BCUT2D eigenvalue weighted by molar-refractivity contribution is 5.68. The van der Waals surface area contributed by atoms with Crippen molar-refractivity contribution >= 4 is 5.57 Å². The maximum Gasteiger partial charge on any atom is -0.0196 e. The Hall–Kier alpha value is -1.04. The van der Waals surface area contributed by atoms with E-state index in [4.69, 9.17) is 0 Å². The number of hydrogen-bond acceptors (Lipinski definition) is 0. The first kappa shape index (κ1) is 8.55. The smallest absolute Gasteiger partial charge is 0.0196 e. The van der Waals surface area contributed by atoms with Crippen LogP contribution < -0.4 is 0 Å². The van der Waals surface area contributed by atoms with Gasteiger partial charge in [0.2, 0.25) is 0 Å². The molecule has 0 nitrogen and oxygen atoms in total. The second-order valence-corrected chi connectivity index (χ2v) is 3.63. The number of rotatable bonds is 1. The lowest BCUT2D eigenvalue weighted by Crippen LogP contribution is -1.89. The zero-order chi connectivity index (χ0) is 9.10. The molecule has 0 bridgehead atoms. The van der Waals surface area contributed by atoms with Gasteiger partial charge in [0.25, 0.3) is 0 Å². The molecule has 0 fully saturated rings. The Kier molecular flexibility index (Phi) is 2.49. The topological polar surface area (TPSA) is 0 Å². The van der Waals surface area contributed by atoms with Crippen LogP contribution in [-0.4, -0.2) is 0 Å². The molecule has 1 aliphatic rings. The molecular weight excluding hydrogens is 156 g/mol. The lowest BCUT2D eigenvalue weighted by Gasteiger charge is -2.07. The Morgan fingerprint density at radius 1 is 1.23 bits per heavy atom. The largest absolute Gasteiger partial charge is 0.0807 e. The molecule has 0 radical (unpaired) electrons. The normalized spacial score (nSPS) is 15.9. The molecule has 0 spiro atoms. The number of benzene rings is 1. The van der Waals surface area contributed by atoms with Crippen molar-refractivity contribution in [1.82, 2.24) is 0 Å². The fraction of sp³-hybridized carbons (Fsp3) is 0.385. The molecule has 0 saturated heterocycles. The molecular formula is C13H16. The molecule has 1 aliphatic carbocycles. The summed E-state index contributed by atoms with van der Waals surface area (Å²) in [7, 11) is 0. The molecule has 0 heteroatoms. The molecule has 0 aliphatic heterocycles. The molecule has 68 valence electrons. The van der Waals surface area contributed by atoms with E-state index >= 15 is 0 Å². The fourth-order valence-electron chi connectivity index (χ4n) is 2.07. The van der Waals surface area contributed by atoms with Crippen LogP contribution in [0.2, 0.25) is 0 Å². The highest BCUT2D eigenvalue weighted by Gasteiger charge is 2.08. The van der Waals surface area contributed by atoms with Gasteiger partial charge in [0.05, 0.1) is 0 Å². The molecule has 0 heterocycles. The molecule has 0 saturated carbocycles. The van der Waals surface area contributed by atoms with Gasteiger partial charge >= 0.3 is 0 Å². The highest BCUT2D eigenvalue weighted by atomic mass is 14.1. The molecule has 0 amide bonds. The van der Waals surface area contributed by atoms with Gasteiger partial charge in [0.1, 0.15) is 0 Å². The van der Waals surface area contributed by atoms with Crippen LogP contribution in [0, 0.1) is 0 Å². The summed E-state index contributed by atoms with van der Waals surface area (Å²) in [5.41, 5.74) is 4.56. The monoisotopic (exact) mass is 172 g/mol. The third kappa shape index (κ3) is 1.67. The average molecular weight is 172 g/mol. The predicted octanol–water partition coefficient (Wildman–Crippen LogP) is 3.82. The zero-order valence-electron chi connectivity index (χ0n) is 8.22. The predicted molar refractivity (Wildman–Crippen MR) is 57.6 cm³/mol. The Bertz CT molecular complexity index is 321. The molecule has 0 atom stereocenters. The Morgan fingerprint density at radius 2 is 2.08 bits per heavy atom. The van der Waals surface area contributed by atoms with Crippen LogP contribution in [0.1, 0.15) is 37.3 Å². The van der Waals surface area contributed by atoms with E-state index in [9.17, 15) is 0 Å². The molecule has 0 unspecified atom stereocenters. The van der Waals surface area contributed by atoms with E-state index in [0.717, 1.165) is 6.42 Å². The van der Waals surface area contributed by atoms with Gasteiger partial charge in [-0.2, -0.15) is 0 Å². The van der Waals surface area contributed by atoms with Crippen LogP contribution in [0.3, 0.4) is 0 Å². The number of fused-ring (bicyclic) bond motifs is 1. The van der Waals surface area contributed by atoms with Gasteiger partial charge in [0, 0.05) is 0 Å². The van der Waals surface area contributed by atoms with Crippen molar-refractivity contribution < 1.29 is 0 Å². The van der Waals surface area contributed by atoms with Gasteiger partial charge < -0.3 is 0 Å². The molecule has 13 heavy (non-hydrogen) atoms. The van der Waals surface area contributed by atoms with Crippen LogP contribution in [0.25, 0.3) is 5.57 Å². The highest BCUT2D eigenvalue weighted by Crippen LogP contribution is 2.27. The minimum Gasteiger partial charge on any atom is -0.0807 e. The molecule has 0 aromatic heterocycles. The van der Waals surface area contributed by atoms with E-state index in [1.807, 2.05) is 0 Å². The second kappa shape index (κ2) is 3.78. The summed E-state index contributed by atoms with van der Waals surface area (Å²) in [6.45, 7) is 2.24. The lowest BCUT2D eigenvalue weighted by atomic mass is 9.98. The van der Waals surface area contributed by atoms with Gasteiger partial charge in [-0.1, -0.05) is 37.3 Å². The van der Waals surface area contributed by atoms with Crippen molar-refractivity contribution in [2.45, 2.75) is 32.6 Å². The van der Waals surface area contributed by atoms with E-state index in [-0.39, 0.29) is 0 Å². The summed E-state index contributed by atoms with van der Waals surface area (Å²) in [5.74, 6) is 0. The molecule has 0 N–H and O–H groups in total. The quantitative estimate of drug-likeness (QED) is 0.604. The zero-order valence-corrected chi connectivity index (χ0v) is 8.22. The summed E-state index contributed by atoms with van der Waals surface area (Å²) in [6, 6.07) is 8.82.